The molecule has 0 spiro atoms. The second-order valence-electron chi connectivity index (χ2n) is 6.27. The first kappa shape index (κ1) is 17.7. The highest BCUT2D eigenvalue weighted by atomic mass is 16.4. The minimum absolute atomic E-state index is 0.322. The van der Waals surface area contributed by atoms with Gasteiger partial charge in [0.25, 0.3) is 11.5 Å². The van der Waals surface area contributed by atoms with Crippen molar-refractivity contribution >= 4 is 28.6 Å². The Morgan fingerprint density at radius 1 is 1.27 bits per heavy atom. The highest BCUT2D eigenvalue weighted by Crippen LogP contribution is 2.29. The first-order valence-electron chi connectivity index (χ1n) is 8.37. The summed E-state index contributed by atoms with van der Waals surface area (Å²) in [6, 6.07) is 1.66. The van der Waals surface area contributed by atoms with Gasteiger partial charge in [-0.1, -0.05) is 0 Å². The maximum Gasteiger partial charge on any atom is 0.322 e. The van der Waals surface area contributed by atoms with Gasteiger partial charge in [-0.15, -0.1) is 0 Å². The Kier molecular flexibility index (Phi) is 4.79. The summed E-state index contributed by atoms with van der Waals surface area (Å²) in [4.78, 5) is 41.7. The lowest BCUT2D eigenvalue weighted by atomic mass is 10.1. The van der Waals surface area contributed by atoms with Gasteiger partial charge in [-0.25, -0.2) is 4.98 Å². The molecular weight excluding hydrogens is 340 g/mol. The van der Waals surface area contributed by atoms with Gasteiger partial charge in [0, 0.05) is 25.5 Å². The zero-order chi connectivity index (χ0) is 18.8. The molecule has 9 heteroatoms. The zero-order valence-corrected chi connectivity index (χ0v) is 14.4. The number of carboxylic acid groups (broad SMARTS) is 1. The Morgan fingerprint density at radius 2 is 1.96 bits per heavy atom. The zero-order valence-electron chi connectivity index (χ0n) is 14.4. The molecule has 9 nitrogen and oxygen atoms in total. The number of nitrogens with one attached hydrogen (secondary N) is 1. The lowest BCUT2D eigenvalue weighted by Gasteiger charge is -2.28. The second kappa shape index (κ2) is 7.03. The van der Waals surface area contributed by atoms with Crippen LogP contribution in [0.5, 0.6) is 5.75 Å². The van der Waals surface area contributed by atoms with Crippen molar-refractivity contribution in [3.8, 4) is 5.75 Å². The smallest absolute Gasteiger partial charge is 0.322 e. The Morgan fingerprint density at radius 3 is 2.62 bits per heavy atom. The van der Waals surface area contributed by atoms with E-state index >= 15 is 0 Å². The minimum atomic E-state index is -1.24. The molecule has 0 aliphatic carbocycles. The summed E-state index contributed by atoms with van der Waals surface area (Å²) in [5, 5.41) is 21.7. The summed E-state index contributed by atoms with van der Waals surface area (Å²) < 4.78 is 1.22. The number of amides is 1. The van der Waals surface area contributed by atoms with E-state index in [0.717, 1.165) is 32.4 Å². The fourth-order valence-electron chi connectivity index (χ4n) is 3.15. The van der Waals surface area contributed by atoms with Gasteiger partial charge < -0.3 is 25.0 Å². The van der Waals surface area contributed by atoms with Gasteiger partial charge >= 0.3 is 5.97 Å². The highest BCUT2D eigenvalue weighted by molar-refractivity contribution is 6.03. The van der Waals surface area contributed by atoms with E-state index in [-0.39, 0.29) is 0 Å². The van der Waals surface area contributed by atoms with Crippen LogP contribution in [0.1, 0.15) is 29.6 Å². The molecule has 0 radical (unpaired) electrons. The van der Waals surface area contributed by atoms with E-state index in [1.165, 1.54) is 17.8 Å². The summed E-state index contributed by atoms with van der Waals surface area (Å²) in [6.45, 7) is 1.07. The third-order valence-corrected chi connectivity index (χ3v) is 4.55. The monoisotopic (exact) mass is 360 g/mol. The van der Waals surface area contributed by atoms with Crippen LogP contribution in [0.3, 0.4) is 0 Å². The number of anilines is 1. The van der Waals surface area contributed by atoms with Crippen LogP contribution in [-0.4, -0.2) is 51.3 Å². The summed E-state index contributed by atoms with van der Waals surface area (Å²) in [5.41, 5.74) is -0.800. The number of pyridine rings is 2. The maximum atomic E-state index is 12.4. The van der Waals surface area contributed by atoms with E-state index in [2.05, 4.69) is 15.2 Å². The average molecular weight is 360 g/mol. The number of nitrogens with zero attached hydrogens (tertiary/aromatic N) is 3. The Hall–Kier alpha value is -3.10. The topological polar surface area (TPSA) is 125 Å². The summed E-state index contributed by atoms with van der Waals surface area (Å²) in [5.74, 6) is -1.97. The third-order valence-electron chi connectivity index (χ3n) is 4.55. The van der Waals surface area contributed by atoms with Crippen molar-refractivity contribution in [2.75, 3.05) is 24.5 Å². The number of aromatic nitrogens is 2. The maximum absolute atomic E-state index is 12.4. The first-order chi connectivity index (χ1) is 12.4. The van der Waals surface area contributed by atoms with Crippen molar-refractivity contribution in [2.45, 2.75) is 19.3 Å². The number of carbonyl (C=O) groups is 2. The Balaban J connectivity index is 2.09. The number of carboxylic acids is 1. The number of carbonyl (C=O) groups excluding carboxylic acids is 1. The SMILES string of the molecule is Cn1c(=O)c(C(=O)NCC(=O)O)c(O)c2cc(N3CCCCC3)ncc21. The largest absolute Gasteiger partial charge is 0.506 e. The van der Waals surface area contributed by atoms with Crippen LogP contribution in [-0.2, 0) is 11.8 Å². The number of hydrogen-bond donors (Lipinski definition) is 3. The van der Waals surface area contributed by atoms with Gasteiger partial charge in [-0.3, -0.25) is 14.4 Å². The summed E-state index contributed by atoms with van der Waals surface area (Å²) >= 11 is 0. The number of aliphatic carboxylic acids is 1. The molecule has 138 valence electrons. The summed E-state index contributed by atoms with van der Waals surface area (Å²) in [6.07, 6.45) is 4.78. The average Bonchev–Trinajstić information content (AvgIpc) is 2.65. The fraction of sp³-hybridized carbons (Fsp3) is 0.412. The van der Waals surface area contributed by atoms with Gasteiger partial charge in [-0.05, 0) is 25.3 Å². The van der Waals surface area contributed by atoms with E-state index in [9.17, 15) is 19.5 Å². The van der Waals surface area contributed by atoms with Gasteiger partial charge in [0.15, 0.2) is 0 Å². The molecule has 26 heavy (non-hydrogen) atoms. The molecule has 0 atom stereocenters. The number of piperidine rings is 1. The van der Waals surface area contributed by atoms with Crippen LogP contribution in [0.2, 0.25) is 0 Å². The molecule has 0 bridgehead atoms. The quantitative estimate of drug-likeness (QED) is 0.723. The molecule has 0 aromatic carbocycles. The van der Waals surface area contributed by atoms with Gasteiger partial charge in [0.05, 0.1) is 11.7 Å². The number of aryl methyl sites for hydroxylation is 1. The van der Waals surface area contributed by atoms with Crippen LogP contribution in [0.4, 0.5) is 5.82 Å². The van der Waals surface area contributed by atoms with Gasteiger partial charge in [-0.2, -0.15) is 0 Å². The van der Waals surface area contributed by atoms with Gasteiger partial charge in [0.2, 0.25) is 0 Å². The van der Waals surface area contributed by atoms with E-state index in [1.54, 1.807) is 6.07 Å². The predicted octanol–water partition coefficient (Wildman–Crippen LogP) is 0.444. The lowest BCUT2D eigenvalue weighted by Crippen LogP contribution is -2.35. The molecule has 0 unspecified atom stereocenters. The third kappa shape index (κ3) is 3.19. The van der Waals surface area contributed by atoms with Crippen LogP contribution < -0.4 is 15.8 Å². The molecule has 1 amide bonds. The fourth-order valence-corrected chi connectivity index (χ4v) is 3.15. The standard InChI is InChI=1S/C17H20N4O5/c1-20-11-8-18-12(21-5-3-2-4-6-21)7-10(11)15(24)14(17(20)26)16(25)19-9-13(22)23/h7-8,24H,2-6,9H2,1H3,(H,19,25)(H,22,23). The minimum Gasteiger partial charge on any atom is -0.506 e. The molecule has 2 aromatic heterocycles. The molecule has 1 aliphatic rings. The van der Waals surface area contributed by atoms with E-state index in [1.807, 2.05) is 0 Å². The number of aromatic hydroxyl groups is 1. The molecule has 2 aromatic rings. The molecule has 3 heterocycles. The van der Waals surface area contributed by atoms with Crippen LogP contribution in [0.15, 0.2) is 17.1 Å². The van der Waals surface area contributed by atoms with Crippen molar-refractivity contribution in [1.29, 1.82) is 0 Å². The number of fused-ring (bicyclic) bond motifs is 1. The van der Waals surface area contributed by atoms with Crippen LogP contribution in [0.25, 0.3) is 10.9 Å². The van der Waals surface area contributed by atoms with Crippen molar-refractivity contribution in [1.82, 2.24) is 14.9 Å². The van der Waals surface area contributed by atoms with Crippen molar-refractivity contribution in [3.05, 3.63) is 28.2 Å². The van der Waals surface area contributed by atoms with Crippen molar-refractivity contribution < 1.29 is 19.8 Å². The highest BCUT2D eigenvalue weighted by Gasteiger charge is 2.23. The van der Waals surface area contributed by atoms with Crippen LogP contribution in [0, 0.1) is 0 Å². The number of hydrogen-bond acceptors (Lipinski definition) is 6. The van der Waals surface area contributed by atoms with Crippen molar-refractivity contribution in [3.63, 3.8) is 0 Å². The van der Waals surface area contributed by atoms with Crippen molar-refractivity contribution in [2.24, 2.45) is 7.05 Å². The molecule has 1 saturated heterocycles. The number of rotatable bonds is 4. The molecule has 1 aliphatic heterocycles. The van der Waals surface area contributed by atoms with Gasteiger partial charge in [0.1, 0.15) is 23.7 Å². The Labute approximate surface area is 148 Å². The van der Waals surface area contributed by atoms with E-state index in [4.69, 9.17) is 5.11 Å². The van der Waals surface area contributed by atoms with E-state index < -0.39 is 35.3 Å². The second-order valence-corrected chi connectivity index (χ2v) is 6.27. The van der Waals surface area contributed by atoms with E-state index in [0.29, 0.717) is 16.7 Å². The van der Waals surface area contributed by atoms with Crippen LogP contribution >= 0.6 is 0 Å². The normalized spacial score (nSPS) is 14.4. The molecule has 0 saturated carbocycles. The molecule has 3 rings (SSSR count). The first-order valence-corrected chi connectivity index (χ1v) is 8.37. The molecule has 1 fully saturated rings. The summed E-state index contributed by atoms with van der Waals surface area (Å²) in [7, 11) is 1.47. The molecular formula is C17H20N4O5. The lowest BCUT2D eigenvalue weighted by molar-refractivity contribution is -0.135. The molecule has 3 N–H and O–H groups in total. The Bertz CT molecular complexity index is 931. The predicted molar refractivity (Wildman–Crippen MR) is 94.7 cm³/mol.